The van der Waals surface area contributed by atoms with Crippen LogP contribution in [-0.4, -0.2) is 23.3 Å². The highest BCUT2D eigenvalue weighted by Gasteiger charge is 2.10. The summed E-state index contributed by atoms with van der Waals surface area (Å²) in [6.07, 6.45) is 0.192. The number of carbonyl (C=O) groups excluding carboxylic acids is 2. The average molecular weight is 365 g/mol. The zero-order valence-corrected chi connectivity index (χ0v) is 15.2. The number of nitrogens with zero attached hydrogens (tertiary/aromatic N) is 1. The zero-order chi connectivity index (χ0) is 18.4. The van der Waals surface area contributed by atoms with Crippen LogP contribution >= 0.6 is 11.3 Å². The molecule has 1 aromatic heterocycles. The van der Waals surface area contributed by atoms with Crippen LogP contribution in [0.2, 0.25) is 0 Å². The van der Waals surface area contributed by atoms with Crippen LogP contribution in [0.4, 0.5) is 5.13 Å². The summed E-state index contributed by atoms with van der Waals surface area (Å²) in [6.45, 7) is 2.16. The summed E-state index contributed by atoms with van der Waals surface area (Å²) in [5.41, 5.74) is 3.37. The number of hydrogen-bond donors (Lipinski definition) is 2. The van der Waals surface area contributed by atoms with Crippen molar-refractivity contribution in [1.82, 2.24) is 10.3 Å². The second-order valence-corrected chi connectivity index (χ2v) is 6.63. The molecule has 6 heteroatoms. The molecule has 0 aliphatic heterocycles. The summed E-state index contributed by atoms with van der Waals surface area (Å²) in [5.74, 6) is -0.347. The Balaban J connectivity index is 1.48. The monoisotopic (exact) mass is 365 g/mol. The van der Waals surface area contributed by atoms with Crippen LogP contribution < -0.4 is 10.6 Å². The normalized spacial score (nSPS) is 10.3. The van der Waals surface area contributed by atoms with E-state index in [2.05, 4.69) is 15.6 Å². The van der Waals surface area contributed by atoms with Crippen LogP contribution in [0.25, 0.3) is 11.3 Å². The molecule has 0 spiro atoms. The molecule has 0 saturated carbocycles. The van der Waals surface area contributed by atoms with Crippen molar-refractivity contribution in [3.8, 4) is 11.3 Å². The van der Waals surface area contributed by atoms with Gasteiger partial charge in [-0.3, -0.25) is 9.59 Å². The first-order valence-electron chi connectivity index (χ1n) is 8.28. The zero-order valence-electron chi connectivity index (χ0n) is 14.4. The third-order valence-electron chi connectivity index (χ3n) is 3.85. The number of aryl methyl sites for hydroxylation is 1. The standard InChI is InChI=1S/C20H19N3O2S/c1-14-7-5-6-10-16(14)19(25)21-12-11-18(24)23-20-22-17(13-26-20)15-8-3-2-4-9-15/h2-10,13H,11-12H2,1H3,(H,21,25)(H,22,23,24). The number of rotatable bonds is 6. The first-order valence-corrected chi connectivity index (χ1v) is 9.16. The first-order chi connectivity index (χ1) is 12.6. The van der Waals surface area contributed by atoms with Crippen LogP contribution in [0.1, 0.15) is 22.3 Å². The van der Waals surface area contributed by atoms with E-state index in [1.807, 2.05) is 60.8 Å². The molecule has 3 aromatic rings. The molecule has 2 N–H and O–H groups in total. The fourth-order valence-electron chi connectivity index (χ4n) is 2.47. The Bertz CT molecular complexity index is 906. The maximum absolute atomic E-state index is 12.1. The molecule has 1 heterocycles. The molecular weight excluding hydrogens is 346 g/mol. The lowest BCUT2D eigenvalue weighted by atomic mass is 10.1. The summed E-state index contributed by atoms with van der Waals surface area (Å²) >= 11 is 1.38. The number of amides is 2. The van der Waals surface area contributed by atoms with Crippen molar-refractivity contribution < 1.29 is 9.59 Å². The van der Waals surface area contributed by atoms with Crippen molar-refractivity contribution in [3.63, 3.8) is 0 Å². The van der Waals surface area contributed by atoms with Crippen molar-refractivity contribution in [2.24, 2.45) is 0 Å². The van der Waals surface area contributed by atoms with E-state index in [0.717, 1.165) is 16.8 Å². The molecule has 0 aliphatic rings. The molecule has 0 saturated heterocycles. The van der Waals surface area contributed by atoms with Crippen molar-refractivity contribution in [2.75, 3.05) is 11.9 Å². The van der Waals surface area contributed by atoms with E-state index >= 15 is 0 Å². The van der Waals surface area contributed by atoms with Gasteiger partial charge in [0.15, 0.2) is 5.13 Å². The molecule has 132 valence electrons. The van der Waals surface area contributed by atoms with Crippen molar-refractivity contribution >= 4 is 28.3 Å². The number of nitrogens with one attached hydrogen (secondary N) is 2. The van der Waals surface area contributed by atoms with Gasteiger partial charge < -0.3 is 10.6 Å². The maximum atomic E-state index is 12.1. The second-order valence-electron chi connectivity index (χ2n) is 5.77. The van der Waals surface area contributed by atoms with Crippen LogP contribution in [0.15, 0.2) is 60.0 Å². The van der Waals surface area contributed by atoms with Gasteiger partial charge >= 0.3 is 0 Å². The van der Waals surface area contributed by atoms with Crippen LogP contribution in [0.3, 0.4) is 0 Å². The maximum Gasteiger partial charge on any atom is 0.251 e. The molecule has 2 amide bonds. The highest BCUT2D eigenvalue weighted by Crippen LogP contribution is 2.24. The molecule has 0 aliphatic carbocycles. The van der Waals surface area contributed by atoms with Gasteiger partial charge in [0, 0.05) is 29.5 Å². The first kappa shape index (κ1) is 17.8. The van der Waals surface area contributed by atoms with Crippen molar-refractivity contribution in [2.45, 2.75) is 13.3 Å². The van der Waals surface area contributed by atoms with E-state index in [4.69, 9.17) is 0 Å². The summed E-state index contributed by atoms with van der Waals surface area (Å²) < 4.78 is 0. The molecule has 5 nitrogen and oxygen atoms in total. The lowest BCUT2D eigenvalue weighted by Gasteiger charge is -2.07. The molecule has 0 radical (unpaired) electrons. The van der Waals surface area contributed by atoms with Gasteiger partial charge in [0.2, 0.25) is 5.91 Å². The minimum Gasteiger partial charge on any atom is -0.352 e. The van der Waals surface area contributed by atoms with E-state index in [9.17, 15) is 9.59 Å². The summed E-state index contributed by atoms with van der Waals surface area (Å²) in [5, 5.41) is 8.01. The van der Waals surface area contributed by atoms with Gasteiger partial charge in [0.05, 0.1) is 5.69 Å². The Labute approximate surface area is 156 Å². The predicted octanol–water partition coefficient (Wildman–Crippen LogP) is 3.88. The molecule has 0 unspecified atom stereocenters. The van der Waals surface area contributed by atoms with Crippen LogP contribution in [0, 0.1) is 6.92 Å². The third kappa shape index (κ3) is 4.55. The lowest BCUT2D eigenvalue weighted by Crippen LogP contribution is -2.28. The fraction of sp³-hybridized carbons (Fsp3) is 0.150. The number of anilines is 1. The molecule has 0 fully saturated rings. The Morgan fingerprint density at radius 1 is 1.04 bits per heavy atom. The number of hydrogen-bond acceptors (Lipinski definition) is 4. The minimum absolute atomic E-state index is 0.170. The second kappa shape index (κ2) is 8.40. The number of carbonyl (C=O) groups is 2. The van der Waals surface area contributed by atoms with Gasteiger partial charge in [0.25, 0.3) is 5.91 Å². The number of thiazole rings is 1. The lowest BCUT2D eigenvalue weighted by molar-refractivity contribution is -0.116. The van der Waals surface area contributed by atoms with E-state index in [0.29, 0.717) is 10.7 Å². The van der Waals surface area contributed by atoms with Gasteiger partial charge in [-0.05, 0) is 18.6 Å². The molecule has 2 aromatic carbocycles. The molecule has 0 bridgehead atoms. The Kier molecular flexibility index (Phi) is 5.76. The molecular formula is C20H19N3O2S. The number of aromatic nitrogens is 1. The third-order valence-corrected chi connectivity index (χ3v) is 4.61. The van der Waals surface area contributed by atoms with Gasteiger partial charge in [-0.25, -0.2) is 4.98 Å². The van der Waals surface area contributed by atoms with E-state index in [-0.39, 0.29) is 24.8 Å². The van der Waals surface area contributed by atoms with Gasteiger partial charge in [0.1, 0.15) is 0 Å². The van der Waals surface area contributed by atoms with E-state index in [1.54, 1.807) is 6.07 Å². The average Bonchev–Trinajstić information content (AvgIpc) is 3.11. The Morgan fingerprint density at radius 2 is 1.77 bits per heavy atom. The highest BCUT2D eigenvalue weighted by atomic mass is 32.1. The minimum atomic E-state index is -0.177. The molecule has 3 rings (SSSR count). The van der Waals surface area contributed by atoms with Gasteiger partial charge in [-0.2, -0.15) is 0 Å². The molecule has 26 heavy (non-hydrogen) atoms. The topological polar surface area (TPSA) is 71.1 Å². The Hall–Kier alpha value is -2.99. The summed E-state index contributed by atoms with van der Waals surface area (Å²) in [4.78, 5) is 28.6. The van der Waals surface area contributed by atoms with E-state index < -0.39 is 0 Å². The number of benzene rings is 2. The van der Waals surface area contributed by atoms with Crippen LogP contribution in [-0.2, 0) is 4.79 Å². The van der Waals surface area contributed by atoms with Crippen LogP contribution in [0.5, 0.6) is 0 Å². The van der Waals surface area contributed by atoms with Gasteiger partial charge in [-0.15, -0.1) is 11.3 Å². The highest BCUT2D eigenvalue weighted by molar-refractivity contribution is 7.14. The summed E-state index contributed by atoms with van der Waals surface area (Å²) in [6, 6.07) is 17.2. The predicted molar refractivity (Wildman–Crippen MR) is 104 cm³/mol. The van der Waals surface area contributed by atoms with E-state index in [1.165, 1.54) is 11.3 Å². The van der Waals surface area contributed by atoms with Crippen molar-refractivity contribution in [3.05, 3.63) is 71.1 Å². The van der Waals surface area contributed by atoms with Crippen molar-refractivity contribution in [1.29, 1.82) is 0 Å². The fourth-order valence-corrected chi connectivity index (χ4v) is 3.20. The Morgan fingerprint density at radius 3 is 2.54 bits per heavy atom. The van der Waals surface area contributed by atoms with Gasteiger partial charge in [-0.1, -0.05) is 48.5 Å². The summed E-state index contributed by atoms with van der Waals surface area (Å²) in [7, 11) is 0. The SMILES string of the molecule is Cc1ccccc1C(=O)NCCC(=O)Nc1nc(-c2ccccc2)cs1. The quantitative estimate of drug-likeness (QED) is 0.696. The largest absolute Gasteiger partial charge is 0.352 e. The smallest absolute Gasteiger partial charge is 0.251 e. The molecule has 0 atom stereocenters.